The van der Waals surface area contributed by atoms with E-state index in [2.05, 4.69) is 0 Å². The van der Waals surface area contributed by atoms with E-state index in [9.17, 15) is 30.3 Å². The van der Waals surface area contributed by atoms with E-state index in [0.29, 0.717) is 5.56 Å². The number of carbonyl (C=O) groups excluding carboxylic acids is 1. The number of aliphatic hydroxyl groups is 3. The molecular weight excluding hydrogens is 412 g/mol. The summed E-state index contributed by atoms with van der Waals surface area (Å²) in [6, 6.07) is 9.13. The van der Waals surface area contributed by atoms with Crippen molar-refractivity contribution >= 4 is 11.9 Å². The summed E-state index contributed by atoms with van der Waals surface area (Å²) in [5, 5.41) is 51.5. The molecule has 3 rings (SSSR count). The SMILES string of the molecule is CC(C)(O)C=CC[C@](C)(O)[C@H]1Oc2ccc(C(=O)C=Cc3ccc(O)cc3)c(O)c2[C@@H]1O. The van der Waals surface area contributed by atoms with E-state index in [1.165, 1.54) is 43.3 Å². The first-order chi connectivity index (χ1) is 14.9. The highest BCUT2D eigenvalue weighted by Crippen LogP contribution is 2.47. The van der Waals surface area contributed by atoms with Gasteiger partial charge >= 0.3 is 0 Å². The number of hydrogen-bond donors (Lipinski definition) is 5. The van der Waals surface area contributed by atoms with Crippen molar-refractivity contribution in [1.82, 2.24) is 0 Å². The Morgan fingerprint density at radius 1 is 1.06 bits per heavy atom. The van der Waals surface area contributed by atoms with Gasteiger partial charge in [-0.3, -0.25) is 4.79 Å². The lowest BCUT2D eigenvalue weighted by atomic mass is 9.88. The van der Waals surface area contributed by atoms with Gasteiger partial charge in [0.05, 0.1) is 16.7 Å². The summed E-state index contributed by atoms with van der Waals surface area (Å²) < 4.78 is 5.71. The zero-order valence-electron chi connectivity index (χ0n) is 18.2. The molecule has 1 aliphatic rings. The van der Waals surface area contributed by atoms with Crippen molar-refractivity contribution in [2.45, 2.75) is 50.6 Å². The van der Waals surface area contributed by atoms with E-state index in [1.54, 1.807) is 38.1 Å². The summed E-state index contributed by atoms with van der Waals surface area (Å²) in [4.78, 5) is 12.6. The molecule has 2 aromatic carbocycles. The summed E-state index contributed by atoms with van der Waals surface area (Å²) in [5.74, 6) is -0.583. The van der Waals surface area contributed by atoms with Crippen LogP contribution in [0.15, 0.2) is 54.6 Å². The number of allylic oxidation sites excluding steroid dienone is 1. The van der Waals surface area contributed by atoms with Crippen LogP contribution >= 0.6 is 0 Å². The summed E-state index contributed by atoms with van der Waals surface area (Å²) in [7, 11) is 0. The van der Waals surface area contributed by atoms with Crippen molar-refractivity contribution in [2.75, 3.05) is 0 Å². The van der Waals surface area contributed by atoms with Crippen molar-refractivity contribution in [1.29, 1.82) is 0 Å². The highest BCUT2D eigenvalue weighted by Gasteiger charge is 2.46. The van der Waals surface area contributed by atoms with E-state index in [0.717, 1.165) is 0 Å². The molecule has 1 heterocycles. The number of phenolic OH excluding ortho intramolecular Hbond substituents is 2. The molecule has 2 aromatic rings. The van der Waals surface area contributed by atoms with Crippen LogP contribution in [0.2, 0.25) is 0 Å². The highest BCUT2D eigenvalue weighted by molar-refractivity contribution is 6.09. The van der Waals surface area contributed by atoms with Crippen LogP contribution in [0, 0.1) is 0 Å². The van der Waals surface area contributed by atoms with Crippen LogP contribution in [-0.2, 0) is 0 Å². The fourth-order valence-corrected chi connectivity index (χ4v) is 3.55. The first-order valence-corrected chi connectivity index (χ1v) is 10.2. The Balaban J connectivity index is 1.81. The number of ether oxygens (including phenoxy) is 1. The highest BCUT2D eigenvalue weighted by atomic mass is 16.5. The van der Waals surface area contributed by atoms with E-state index >= 15 is 0 Å². The number of carbonyl (C=O) groups is 1. The van der Waals surface area contributed by atoms with Crippen molar-refractivity contribution in [3.8, 4) is 17.2 Å². The zero-order valence-corrected chi connectivity index (χ0v) is 18.2. The summed E-state index contributed by atoms with van der Waals surface area (Å²) >= 11 is 0. The van der Waals surface area contributed by atoms with Gasteiger partial charge in [0.15, 0.2) is 11.9 Å². The van der Waals surface area contributed by atoms with Gasteiger partial charge in [-0.25, -0.2) is 0 Å². The van der Waals surface area contributed by atoms with Gasteiger partial charge in [0.2, 0.25) is 0 Å². The molecule has 32 heavy (non-hydrogen) atoms. The first-order valence-electron chi connectivity index (χ1n) is 10.2. The number of hydrogen-bond acceptors (Lipinski definition) is 7. The van der Waals surface area contributed by atoms with Gasteiger partial charge in [-0.15, -0.1) is 0 Å². The van der Waals surface area contributed by atoms with Crippen LogP contribution in [0.3, 0.4) is 0 Å². The molecule has 0 aliphatic carbocycles. The second kappa shape index (κ2) is 8.78. The van der Waals surface area contributed by atoms with E-state index in [-0.39, 0.29) is 29.0 Å². The number of rotatable bonds is 7. The second-order valence-electron chi connectivity index (χ2n) is 8.76. The lowest BCUT2D eigenvalue weighted by molar-refractivity contribution is -0.0858. The molecule has 0 bridgehead atoms. The molecule has 0 unspecified atom stereocenters. The number of aliphatic hydroxyl groups excluding tert-OH is 1. The Hall–Kier alpha value is -3.13. The lowest BCUT2D eigenvalue weighted by Crippen LogP contribution is -2.44. The normalized spacial score (nSPS) is 20.3. The fraction of sp³-hybridized carbons (Fsp3) is 0.320. The molecule has 7 nitrogen and oxygen atoms in total. The minimum atomic E-state index is -1.50. The van der Waals surface area contributed by atoms with Crippen LogP contribution in [0.5, 0.6) is 17.2 Å². The average Bonchev–Trinajstić information content (AvgIpc) is 3.04. The zero-order chi connectivity index (χ0) is 23.7. The number of aromatic hydroxyl groups is 2. The third-order valence-corrected chi connectivity index (χ3v) is 5.27. The Bertz CT molecular complexity index is 1040. The van der Waals surface area contributed by atoms with Crippen molar-refractivity contribution in [3.05, 3.63) is 71.3 Å². The van der Waals surface area contributed by atoms with Gasteiger partial charge in [0.25, 0.3) is 0 Å². The van der Waals surface area contributed by atoms with Crippen LogP contribution in [0.4, 0.5) is 0 Å². The largest absolute Gasteiger partial charge is 0.508 e. The molecule has 1 aliphatic heterocycles. The van der Waals surface area contributed by atoms with Gasteiger partial charge in [0.1, 0.15) is 29.0 Å². The Morgan fingerprint density at radius 3 is 2.34 bits per heavy atom. The molecule has 0 spiro atoms. The van der Waals surface area contributed by atoms with Crippen LogP contribution in [-0.4, -0.2) is 48.6 Å². The van der Waals surface area contributed by atoms with Crippen molar-refractivity contribution in [2.24, 2.45) is 0 Å². The van der Waals surface area contributed by atoms with Gasteiger partial charge in [-0.05, 0) is 63.1 Å². The number of ketones is 1. The number of benzene rings is 2. The summed E-state index contributed by atoms with van der Waals surface area (Å²) in [5.41, 5.74) is -1.82. The maximum atomic E-state index is 12.6. The van der Waals surface area contributed by atoms with Crippen molar-refractivity contribution < 1.29 is 35.1 Å². The summed E-state index contributed by atoms with van der Waals surface area (Å²) in [6.45, 7) is 4.69. The second-order valence-corrected chi connectivity index (χ2v) is 8.76. The average molecular weight is 440 g/mol. The van der Waals surface area contributed by atoms with Gasteiger partial charge in [0, 0.05) is 0 Å². The number of phenols is 2. The molecule has 0 radical (unpaired) electrons. The topological polar surface area (TPSA) is 127 Å². The number of fused-ring (bicyclic) bond motifs is 1. The molecule has 5 N–H and O–H groups in total. The maximum absolute atomic E-state index is 12.6. The van der Waals surface area contributed by atoms with Gasteiger partial charge < -0.3 is 30.3 Å². The minimum Gasteiger partial charge on any atom is -0.508 e. The van der Waals surface area contributed by atoms with Crippen molar-refractivity contribution in [3.63, 3.8) is 0 Å². The van der Waals surface area contributed by atoms with E-state index < -0.39 is 34.9 Å². The lowest BCUT2D eigenvalue weighted by Gasteiger charge is -2.30. The van der Waals surface area contributed by atoms with Gasteiger partial charge in [-0.1, -0.05) is 30.4 Å². The molecule has 0 saturated heterocycles. The Morgan fingerprint density at radius 2 is 1.72 bits per heavy atom. The molecule has 170 valence electrons. The smallest absolute Gasteiger partial charge is 0.189 e. The third kappa shape index (κ3) is 5.19. The maximum Gasteiger partial charge on any atom is 0.189 e. The molecule has 7 heteroatoms. The molecule has 0 saturated carbocycles. The quantitative estimate of drug-likeness (QED) is 0.254. The van der Waals surface area contributed by atoms with E-state index in [4.69, 9.17) is 4.74 Å². The predicted octanol–water partition coefficient (Wildman–Crippen LogP) is 3.26. The Labute approximate surface area is 186 Å². The molecule has 3 atom stereocenters. The molecule has 0 amide bonds. The van der Waals surface area contributed by atoms with Crippen LogP contribution < -0.4 is 4.74 Å². The molecular formula is C25H28O7. The standard InChI is InChI=1S/C25H28O7/c1-24(2,30)13-4-14-25(3,31)23-22(29)20-19(32-23)12-10-17(21(20)28)18(27)11-7-15-5-8-16(26)9-6-15/h4-13,22-23,26,28-31H,14H2,1-3H3/t22-,23-,25-/m0/s1. The van der Waals surface area contributed by atoms with Gasteiger partial charge in [-0.2, -0.15) is 0 Å². The Kier molecular flexibility index (Phi) is 6.46. The van der Waals surface area contributed by atoms with Crippen LogP contribution in [0.1, 0.15) is 54.8 Å². The minimum absolute atomic E-state index is 0.0105. The third-order valence-electron chi connectivity index (χ3n) is 5.27. The summed E-state index contributed by atoms with van der Waals surface area (Å²) in [6.07, 6.45) is 3.62. The van der Waals surface area contributed by atoms with Crippen LogP contribution in [0.25, 0.3) is 6.08 Å². The molecule has 0 aromatic heterocycles. The monoisotopic (exact) mass is 440 g/mol. The molecule has 0 fully saturated rings. The van der Waals surface area contributed by atoms with E-state index in [1.807, 2.05) is 0 Å². The fourth-order valence-electron chi connectivity index (χ4n) is 3.55. The predicted molar refractivity (Wildman–Crippen MR) is 120 cm³/mol. The first kappa shape index (κ1) is 23.5.